The first kappa shape index (κ1) is 13.7. The van der Waals surface area contributed by atoms with E-state index in [0.717, 1.165) is 18.2 Å². The lowest BCUT2D eigenvalue weighted by Gasteiger charge is -2.24. The van der Waals surface area contributed by atoms with Crippen molar-refractivity contribution >= 4 is 10.0 Å². The molecule has 0 radical (unpaired) electrons. The van der Waals surface area contributed by atoms with E-state index in [-0.39, 0.29) is 0 Å². The standard InChI is InChI=1S/C16H22N2O2S/c1-12-4-6-15(7-5-12)21(19,20)17-10-13-9-14-3-2-8-18(14)16(13)11-17/h4-7,13-14,16H,2-3,8-11H2,1H3/t13-,14+,16+/m0/s1. The second kappa shape index (κ2) is 4.80. The Labute approximate surface area is 126 Å². The molecule has 4 nitrogen and oxygen atoms in total. The third-order valence-electron chi connectivity index (χ3n) is 5.46. The van der Waals surface area contributed by atoms with Crippen molar-refractivity contribution < 1.29 is 8.42 Å². The van der Waals surface area contributed by atoms with Crippen molar-refractivity contribution in [3.63, 3.8) is 0 Å². The summed E-state index contributed by atoms with van der Waals surface area (Å²) in [6, 6.07) is 8.40. The van der Waals surface area contributed by atoms with E-state index in [0.29, 0.717) is 29.9 Å². The number of benzene rings is 1. The van der Waals surface area contributed by atoms with Gasteiger partial charge in [-0.2, -0.15) is 4.31 Å². The van der Waals surface area contributed by atoms with E-state index < -0.39 is 10.0 Å². The molecule has 3 aliphatic heterocycles. The van der Waals surface area contributed by atoms with Gasteiger partial charge in [0, 0.05) is 25.2 Å². The highest BCUT2D eigenvalue weighted by atomic mass is 32.2. The molecule has 0 amide bonds. The number of fused-ring (bicyclic) bond motifs is 3. The summed E-state index contributed by atoms with van der Waals surface area (Å²) < 4.78 is 27.3. The van der Waals surface area contributed by atoms with Crippen molar-refractivity contribution in [1.29, 1.82) is 0 Å². The Kier molecular flexibility index (Phi) is 3.14. The minimum Gasteiger partial charge on any atom is -0.296 e. The van der Waals surface area contributed by atoms with Crippen LogP contribution >= 0.6 is 0 Å². The molecule has 3 atom stereocenters. The molecule has 21 heavy (non-hydrogen) atoms. The lowest BCUT2D eigenvalue weighted by molar-refractivity contribution is 0.237. The molecule has 0 bridgehead atoms. The Balaban J connectivity index is 1.57. The molecule has 3 heterocycles. The summed E-state index contributed by atoms with van der Waals surface area (Å²) in [5.41, 5.74) is 1.09. The van der Waals surface area contributed by atoms with Gasteiger partial charge in [-0.25, -0.2) is 8.42 Å². The molecule has 1 aromatic rings. The molecule has 3 fully saturated rings. The lowest BCUT2D eigenvalue weighted by atomic mass is 10.0. The first-order chi connectivity index (χ1) is 10.1. The average Bonchev–Trinajstić information content (AvgIpc) is 3.10. The van der Waals surface area contributed by atoms with Crippen molar-refractivity contribution in [2.75, 3.05) is 19.6 Å². The van der Waals surface area contributed by atoms with Crippen molar-refractivity contribution in [2.24, 2.45) is 5.92 Å². The molecule has 0 unspecified atom stereocenters. The van der Waals surface area contributed by atoms with Crippen LogP contribution in [0.1, 0.15) is 24.8 Å². The molecular weight excluding hydrogens is 284 g/mol. The van der Waals surface area contributed by atoms with E-state index in [4.69, 9.17) is 0 Å². The van der Waals surface area contributed by atoms with Gasteiger partial charge in [0.25, 0.3) is 0 Å². The Morgan fingerprint density at radius 1 is 1.14 bits per heavy atom. The van der Waals surface area contributed by atoms with Crippen LogP contribution in [0.2, 0.25) is 0 Å². The molecule has 3 saturated heterocycles. The third kappa shape index (κ3) is 2.14. The summed E-state index contributed by atoms with van der Waals surface area (Å²) >= 11 is 0. The Bertz CT molecular complexity index is 641. The number of rotatable bonds is 2. The van der Waals surface area contributed by atoms with E-state index >= 15 is 0 Å². The van der Waals surface area contributed by atoms with Gasteiger partial charge in [-0.15, -0.1) is 0 Å². The molecule has 114 valence electrons. The van der Waals surface area contributed by atoms with E-state index in [1.165, 1.54) is 19.3 Å². The second-order valence-corrected chi connectivity index (χ2v) is 8.67. The minimum atomic E-state index is -3.32. The van der Waals surface area contributed by atoms with Crippen molar-refractivity contribution in [1.82, 2.24) is 9.21 Å². The fourth-order valence-electron chi connectivity index (χ4n) is 4.38. The summed E-state index contributed by atoms with van der Waals surface area (Å²) in [7, 11) is -3.32. The number of hydrogen-bond donors (Lipinski definition) is 0. The maximum absolute atomic E-state index is 12.8. The zero-order chi connectivity index (χ0) is 14.6. The number of aryl methyl sites for hydroxylation is 1. The molecule has 0 saturated carbocycles. The highest BCUT2D eigenvalue weighted by Crippen LogP contribution is 2.41. The van der Waals surface area contributed by atoms with Crippen LogP contribution in [0.4, 0.5) is 0 Å². The van der Waals surface area contributed by atoms with E-state index in [1.54, 1.807) is 16.4 Å². The van der Waals surface area contributed by atoms with Gasteiger partial charge < -0.3 is 0 Å². The van der Waals surface area contributed by atoms with Crippen molar-refractivity contribution in [3.05, 3.63) is 29.8 Å². The van der Waals surface area contributed by atoms with E-state index in [9.17, 15) is 8.42 Å². The maximum atomic E-state index is 12.8. The maximum Gasteiger partial charge on any atom is 0.243 e. The van der Waals surface area contributed by atoms with Gasteiger partial charge in [0.05, 0.1) is 4.90 Å². The first-order valence-corrected chi connectivity index (χ1v) is 9.32. The summed E-state index contributed by atoms with van der Waals surface area (Å²) in [6.07, 6.45) is 3.76. The predicted octanol–water partition coefficient (Wildman–Crippen LogP) is 1.85. The molecule has 0 aromatic heterocycles. The molecule has 0 spiro atoms. The molecule has 1 aromatic carbocycles. The molecule has 0 N–H and O–H groups in total. The summed E-state index contributed by atoms with van der Waals surface area (Å²) in [5.74, 6) is 0.538. The second-order valence-electron chi connectivity index (χ2n) is 6.73. The Morgan fingerprint density at radius 2 is 1.90 bits per heavy atom. The van der Waals surface area contributed by atoms with Crippen LogP contribution in [0.25, 0.3) is 0 Å². The van der Waals surface area contributed by atoms with E-state index in [2.05, 4.69) is 4.90 Å². The lowest BCUT2D eigenvalue weighted by Crippen LogP contribution is -2.38. The van der Waals surface area contributed by atoms with E-state index in [1.807, 2.05) is 19.1 Å². The largest absolute Gasteiger partial charge is 0.296 e. The van der Waals surface area contributed by atoms with Crippen LogP contribution in [0, 0.1) is 12.8 Å². The molecule has 0 aliphatic carbocycles. The van der Waals surface area contributed by atoms with Crippen LogP contribution in [0.3, 0.4) is 0 Å². The number of nitrogens with zero attached hydrogens (tertiary/aromatic N) is 2. The Morgan fingerprint density at radius 3 is 2.67 bits per heavy atom. The summed E-state index contributed by atoms with van der Waals surface area (Å²) in [5, 5.41) is 0. The van der Waals surface area contributed by atoms with Gasteiger partial charge in [0.15, 0.2) is 0 Å². The first-order valence-electron chi connectivity index (χ1n) is 7.88. The van der Waals surface area contributed by atoms with Gasteiger partial charge in [-0.3, -0.25) is 4.90 Å². The molecule has 3 aliphatic rings. The number of sulfonamides is 1. The third-order valence-corrected chi connectivity index (χ3v) is 7.30. The minimum absolute atomic E-state index is 0.436. The zero-order valence-electron chi connectivity index (χ0n) is 12.4. The summed E-state index contributed by atoms with van der Waals surface area (Å²) in [6.45, 7) is 4.51. The van der Waals surface area contributed by atoms with Gasteiger partial charge in [-0.1, -0.05) is 17.7 Å². The van der Waals surface area contributed by atoms with Gasteiger partial charge >= 0.3 is 0 Å². The van der Waals surface area contributed by atoms with Crippen molar-refractivity contribution in [3.8, 4) is 0 Å². The van der Waals surface area contributed by atoms with Crippen LogP contribution < -0.4 is 0 Å². The predicted molar refractivity (Wildman–Crippen MR) is 81.6 cm³/mol. The molecular formula is C16H22N2O2S. The highest BCUT2D eigenvalue weighted by Gasteiger charge is 2.50. The van der Waals surface area contributed by atoms with Gasteiger partial charge in [0.2, 0.25) is 10.0 Å². The van der Waals surface area contributed by atoms with Crippen LogP contribution in [-0.4, -0.2) is 49.3 Å². The average molecular weight is 306 g/mol. The quantitative estimate of drug-likeness (QED) is 0.837. The normalized spacial score (nSPS) is 33.3. The fourth-order valence-corrected chi connectivity index (χ4v) is 5.89. The smallest absolute Gasteiger partial charge is 0.243 e. The monoisotopic (exact) mass is 306 g/mol. The molecule has 5 heteroatoms. The Hall–Kier alpha value is -0.910. The topological polar surface area (TPSA) is 40.6 Å². The van der Waals surface area contributed by atoms with Crippen LogP contribution in [-0.2, 0) is 10.0 Å². The van der Waals surface area contributed by atoms with Crippen LogP contribution in [0.5, 0.6) is 0 Å². The summed E-state index contributed by atoms with van der Waals surface area (Å²) in [4.78, 5) is 3.00. The van der Waals surface area contributed by atoms with Gasteiger partial charge in [0.1, 0.15) is 0 Å². The zero-order valence-corrected chi connectivity index (χ0v) is 13.2. The van der Waals surface area contributed by atoms with Gasteiger partial charge in [-0.05, 0) is 50.8 Å². The SMILES string of the molecule is Cc1ccc(S(=O)(=O)N2C[C@@H]3C[C@H]4CCCN4[C@@H]3C2)cc1. The van der Waals surface area contributed by atoms with Crippen LogP contribution in [0.15, 0.2) is 29.2 Å². The highest BCUT2D eigenvalue weighted by molar-refractivity contribution is 7.89. The number of hydrogen-bond acceptors (Lipinski definition) is 3. The molecule has 4 rings (SSSR count). The fraction of sp³-hybridized carbons (Fsp3) is 0.625. The van der Waals surface area contributed by atoms with Crippen molar-refractivity contribution in [2.45, 2.75) is 43.2 Å².